The Labute approximate surface area is 147 Å². The van der Waals surface area contributed by atoms with Crippen LogP contribution in [0.15, 0.2) is 48.7 Å². The number of hydrogen-bond acceptors (Lipinski definition) is 6. The number of amides is 1. The minimum Gasteiger partial charge on any atom is -0.452 e. The Morgan fingerprint density at radius 2 is 2.04 bits per heavy atom. The van der Waals surface area contributed by atoms with Crippen LogP contribution in [-0.2, 0) is 14.3 Å². The highest BCUT2D eigenvalue weighted by atomic mass is 35.5. The summed E-state index contributed by atoms with van der Waals surface area (Å²) < 4.78 is 4.76. The molecule has 8 nitrogen and oxygen atoms in total. The molecule has 1 N–H and O–H groups in total. The molecule has 0 radical (unpaired) electrons. The van der Waals surface area contributed by atoms with Gasteiger partial charge in [-0.15, -0.1) is 0 Å². The molecule has 0 bridgehead atoms. The number of nitrogens with zero attached hydrogens (tertiary/aromatic N) is 2. The second-order valence-electron chi connectivity index (χ2n) is 4.67. The predicted octanol–water partition coefficient (Wildman–Crippen LogP) is 2.84. The Morgan fingerprint density at radius 3 is 2.72 bits per heavy atom. The number of rotatable bonds is 6. The van der Waals surface area contributed by atoms with Crippen LogP contribution in [0.5, 0.6) is 0 Å². The molecule has 25 heavy (non-hydrogen) atoms. The van der Waals surface area contributed by atoms with Crippen molar-refractivity contribution in [3.8, 4) is 0 Å². The number of esters is 1. The van der Waals surface area contributed by atoms with E-state index in [2.05, 4.69) is 10.3 Å². The van der Waals surface area contributed by atoms with Gasteiger partial charge in [-0.05, 0) is 24.3 Å². The maximum Gasteiger partial charge on any atom is 0.331 e. The highest BCUT2D eigenvalue weighted by Gasteiger charge is 2.11. The molecule has 0 unspecified atom stereocenters. The normalized spacial score (nSPS) is 10.4. The second-order valence-corrected chi connectivity index (χ2v) is 5.10. The summed E-state index contributed by atoms with van der Waals surface area (Å²) in [5.74, 6) is -1.12. The molecule has 0 fully saturated rings. The van der Waals surface area contributed by atoms with Crippen molar-refractivity contribution in [2.24, 2.45) is 0 Å². The van der Waals surface area contributed by atoms with Gasteiger partial charge in [-0.3, -0.25) is 14.9 Å². The zero-order valence-electron chi connectivity index (χ0n) is 12.7. The Hall–Kier alpha value is -3.26. The lowest BCUT2D eigenvalue weighted by Gasteiger charge is -2.04. The third kappa shape index (κ3) is 5.70. The molecule has 9 heteroatoms. The van der Waals surface area contributed by atoms with Crippen LogP contribution < -0.4 is 5.32 Å². The number of nitro benzene ring substituents is 1. The number of benzene rings is 1. The third-order valence-electron chi connectivity index (χ3n) is 2.87. The molecule has 0 atom stereocenters. The van der Waals surface area contributed by atoms with Crippen LogP contribution in [0.1, 0.15) is 5.56 Å². The number of aromatic nitrogens is 1. The summed E-state index contributed by atoms with van der Waals surface area (Å²) in [6.45, 7) is -0.523. The lowest BCUT2D eigenvalue weighted by molar-refractivity contribution is -0.385. The van der Waals surface area contributed by atoms with Gasteiger partial charge in [0.2, 0.25) is 0 Å². The lowest BCUT2D eigenvalue weighted by atomic mass is 10.1. The number of pyridine rings is 1. The van der Waals surface area contributed by atoms with Crippen LogP contribution >= 0.6 is 11.6 Å². The fraction of sp³-hybridized carbons (Fsp3) is 0.0625. The van der Waals surface area contributed by atoms with E-state index in [0.717, 1.165) is 6.08 Å². The van der Waals surface area contributed by atoms with Crippen molar-refractivity contribution in [3.05, 3.63) is 69.4 Å². The molecule has 1 heterocycles. The Kier molecular flexibility index (Phi) is 6.19. The monoisotopic (exact) mass is 361 g/mol. The summed E-state index contributed by atoms with van der Waals surface area (Å²) >= 11 is 5.67. The molecule has 0 aliphatic rings. The van der Waals surface area contributed by atoms with Crippen LogP contribution in [-0.4, -0.2) is 28.4 Å². The Morgan fingerprint density at radius 1 is 1.28 bits per heavy atom. The van der Waals surface area contributed by atoms with Gasteiger partial charge in [0.15, 0.2) is 6.61 Å². The number of carbonyl (C=O) groups is 2. The van der Waals surface area contributed by atoms with Crippen LogP contribution in [0.2, 0.25) is 5.02 Å². The molecule has 0 aliphatic carbocycles. The van der Waals surface area contributed by atoms with Gasteiger partial charge in [0, 0.05) is 18.3 Å². The molecular weight excluding hydrogens is 350 g/mol. The highest BCUT2D eigenvalue weighted by Crippen LogP contribution is 2.18. The molecule has 0 saturated heterocycles. The first kappa shape index (κ1) is 18.1. The average Bonchev–Trinajstić information content (AvgIpc) is 2.60. The van der Waals surface area contributed by atoms with E-state index in [1.54, 1.807) is 12.1 Å². The van der Waals surface area contributed by atoms with Gasteiger partial charge < -0.3 is 10.1 Å². The summed E-state index contributed by atoms with van der Waals surface area (Å²) in [5.41, 5.74) is 0.109. The van der Waals surface area contributed by atoms with Gasteiger partial charge in [-0.2, -0.15) is 0 Å². The first-order valence-corrected chi connectivity index (χ1v) is 7.33. The molecule has 0 aliphatic heterocycles. The van der Waals surface area contributed by atoms with Gasteiger partial charge in [0.05, 0.1) is 15.5 Å². The molecule has 1 aromatic heterocycles. The minimum absolute atomic E-state index is 0.141. The third-order valence-corrected chi connectivity index (χ3v) is 3.10. The molecule has 0 saturated carbocycles. The summed E-state index contributed by atoms with van der Waals surface area (Å²) in [7, 11) is 0. The van der Waals surface area contributed by atoms with Crippen molar-refractivity contribution in [2.75, 3.05) is 11.9 Å². The fourth-order valence-electron chi connectivity index (χ4n) is 1.77. The van der Waals surface area contributed by atoms with E-state index in [-0.39, 0.29) is 17.1 Å². The van der Waals surface area contributed by atoms with Gasteiger partial charge in [-0.1, -0.05) is 23.7 Å². The number of ether oxygens (including phenoxy) is 1. The first-order chi connectivity index (χ1) is 12.0. The van der Waals surface area contributed by atoms with E-state index in [4.69, 9.17) is 16.3 Å². The summed E-state index contributed by atoms with van der Waals surface area (Å²) in [6, 6.07) is 8.97. The average molecular weight is 362 g/mol. The van der Waals surface area contributed by atoms with Gasteiger partial charge >= 0.3 is 5.97 Å². The molecular formula is C16H12ClN3O5. The van der Waals surface area contributed by atoms with E-state index in [1.165, 1.54) is 36.5 Å². The minimum atomic E-state index is -0.808. The zero-order chi connectivity index (χ0) is 18.2. The van der Waals surface area contributed by atoms with Crippen molar-refractivity contribution in [3.63, 3.8) is 0 Å². The number of hydrogen-bond donors (Lipinski definition) is 1. The van der Waals surface area contributed by atoms with Crippen molar-refractivity contribution < 1.29 is 19.2 Å². The van der Waals surface area contributed by atoms with Crippen LogP contribution in [0.3, 0.4) is 0 Å². The predicted molar refractivity (Wildman–Crippen MR) is 91.0 cm³/mol. The van der Waals surface area contributed by atoms with E-state index in [9.17, 15) is 19.7 Å². The number of nitro groups is 1. The quantitative estimate of drug-likeness (QED) is 0.366. The van der Waals surface area contributed by atoms with Crippen molar-refractivity contribution in [1.29, 1.82) is 0 Å². The topological polar surface area (TPSA) is 111 Å². The van der Waals surface area contributed by atoms with Crippen molar-refractivity contribution >= 4 is 41.1 Å². The highest BCUT2D eigenvalue weighted by molar-refractivity contribution is 6.30. The van der Waals surface area contributed by atoms with E-state index in [0.29, 0.717) is 5.02 Å². The number of anilines is 1. The number of para-hydroxylation sites is 1. The summed E-state index contributed by atoms with van der Waals surface area (Å²) in [4.78, 5) is 37.4. The Bertz CT molecular complexity index is 821. The molecule has 0 spiro atoms. The van der Waals surface area contributed by atoms with Crippen molar-refractivity contribution in [1.82, 2.24) is 4.98 Å². The number of halogens is 1. The molecule has 2 rings (SSSR count). The first-order valence-electron chi connectivity index (χ1n) is 6.95. The SMILES string of the molecule is O=C(COC(=O)C=Cc1ccccc1[N+](=O)[O-])Nc1ccc(Cl)cn1. The molecule has 1 aromatic carbocycles. The zero-order valence-corrected chi connectivity index (χ0v) is 13.5. The maximum absolute atomic E-state index is 11.6. The number of nitrogens with one attached hydrogen (secondary N) is 1. The van der Waals surface area contributed by atoms with Gasteiger partial charge in [0.25, 0.3) is 11.6 Å². The fourth-order valence-corrected chi connectivity index (χ4v) is 1.88. The molecule has 128 valence electrons. The van der Waals surface area contributed by atoms with Crippen LogP contribution in [0.25, 0.3) is 6.08 Å². The van der Waals surface area contributed by atoms with E-state index in [1.807, 2.05) is 0 Å². The second kappa shape index (κ2) is 8.55. The van der Waals surface area contributed by atoms with Crippen LogP contribution in [0.4, 0.5) is 11.5 Å². The molecule has 2 aromatic rings. The van der Waals surface area contributed by atoms with E-state index >= 15 is 0 Å². The molecule has 1 amide bonds. The van der Waals surface area contributed by atoms with Crippen molar-refractivity contribution in [2.45, 2.75) is 0 Å². The van der Waals surface area contributed by atoms with Crippen LogP contribution in [0, 0.1) is 10.1 Å². The Balaban J connectivity index is 1.87. The largest absolute Gasteiger partial charge is 0.452 e. The smallest absolute Gasteiger partial charge is 0.331 e. The lowest BCUT2D eigenvalue weighted by Crippen LogP contribution is -2.20. The maximum atomic E-state index is 11.6. The number of carbonyl (C=O) groups excluding carboxylic acids is 2. The van der Waals surface area contributed by atoms with Gasteiger partial charge in [-0.25, -0.2) is 9.78 Å². The summed E-state index contributed by atoms with van der Waals surface area (Å²) in [6.07, 6.45) is 3.62. The standard InChI is InChI=1S/C16H12ClN3O5/c17-12-6-7-14(18-9-12)19-15(21)10-25-16(22)8-5-11-3-1-2-4-13(11)20(23)24/h1-9H,10H2,(H,18,19,21). The van der Waals surface area contributed by atoms with E-state index < -0.39 is 23.4 Å². The summed E-state index contributed by atoms with van der Waals surface area (Å²) in [5, 5.41) is 13.7. The van der Waals surface area contributed by atoms with Gasteiger partial charge in [0.1, 0.15) is 5.82 Å².